The molecule has 1 N–H and O–H groups in total. The molecule has 21 heavy (non-hydrogen) atoms. The number of rotatable bonds is 5. The largest absolute Gasteiger partial charge is 0.456 e. The van der Waals surface area contributed by atoms with E-state index in [4.69, 9.17) is 16.3 Å². The maximum Gasteiger partial charge on any atom is 0.146 e. The topological polar surface area (TPSA) is 21.3 Å². The first-order valence-corrected chi connectivity index (χ1v) is 7.76. The molecule has 1 aliphatic rings. The molecule has 0 spiro atoms. The van der Waals surface area contributed by atoms with Crippen LogP contribution in [0.2, 0.25) is 5.02 Å². The Bertz CT molecular complexity index is 629. The summed E-state index contributed by atoms with van der Waals surface area (Å²) in [5, 5.41) is 4.14. The second-order valence-electron chi connectivity index (χ2n) is 5.85. The summed E-state index contributed by atoms with van der Waals surface area (Å²) in [6.07, 6.45) is 2.59. The zero-order valence-electron chi connectivity index (χ0n) is 12.4. The molecular formula is C18H20ClNO. The van der Waals surface area contributed by atoms with Gasteiger partial charge in [-0.3, -0.25) is 0 Å². The van der Waals surface area contributed by atoms with Crippen molar-refractivity contribution >= 4 is 11.6 Å². The smallest absolute Gasteiger partial charge is 0.146 e. The number of hydrogen-bond acceptors (Lipinski definition) is 2. The number of hydrogen-bond donors (Lipinski definition) is 1. The summed E-state index contributed by atoms with van der Waals surface area (Å²) in [6.45, 7) is 5.00. The maximum atomic E-state index is 6.34. The highest BCUT2D eigenvalue weighted by Crippen LogP contribution is 2.31. The molecule has 0 amide bonds. The highest BCUT2D eigenvalue weighted by molar-refractivity contribution is 6.32. The van der Waals surface area contributed by atoms with E-state index in [0.29, 0.717) is 16.8 Å². The van der Waals surface area contributed by atoms with Crippen LogP contribution in [0.3, 0.4) is 0 Å². The van der Waals surface area contributed by atoms with E-state index in [2.05, 4.69) is 31.3 Å². The van der Waals surface area contributed by atoms with Crippen LogP contribution in [0.4, 0.5) is 0 Å². The fourth-order valence-electron chi connectivity index (χ4n) is 2.41. The minimum Gasteiger partial charge on any atom is -0.456 e. The van der Waals surface area contributed by atoms with E-state index < -0.39 is 0 Å². The number of aryl methyl sites for hydroxylation is 2. The van der Waals surface area contributed by atoms with Gasteiger partial charge in [-0.25, -0.2) is 0 Å². The number of ether oxygens (including phenoxy) is 1. The van der Waals surface area contributed by atoms with Gasteiger partial charge in [-0.1, -0.05) is 23.7 Å². The van der Waals surface area contributed by atoms with E-state index in [0.717, 1.165) is 12.3 Å². The second-order valence-corrected chi connectivity index (χ2v) is 6.25. The Morgan fingerprint density at radius 2 is 1.81 bits per heavy atom. The third kappa shape index (κ3) is 3.99. The van der Waals surface area contributed by atoms with E-state index in [9.17, 15) is 0 Å². The zero-order valence-corrected chi connectivity index (χ0v) is 13.2. The Hall–Kier alpha value is -1.51. The van der Waals surface area contributed by atoms with Crippen molar-refractivity contribution in [3.8, 4) is 11.5 Å². The van der Waals surface area contributed by atoms with Crippen LogP contribution in [-0.2, 0) is 6.54 Å². The Kier molecular flexibility index (Phi) is 4.18. The van der Waals surface area contributed by atoms with Gasteiger partial charge in [0.25, 0.3) is 0 Å². The van der Waals surface area contributed by atoms with Gasteiger partial charge in [-0.2, -0.15) is 0 Å². The highest BCUT2D eigenvalue weighted by atomic mass is 35.5. The van der Waals surface area contributed by atoms with E-state index in [1.54, 1.807) is 0 Å². The molecular weight excluding hydrogens is 282 g/mol. The van der Waals surface area contributed by atoms with E-state index >= 15 is 0 Å². The highest BCUT2D eigenvalue weighted by Gasteiger charge is 2.20. The fraction of sp³-hybridized carbons (Fsp3) is 0.333. The van der Waals surface area contributed by atoms with Crippen LogP contribution >= 0.6 is 11.6 Å². The number of halogens is 1. The molecule has 2 nitrogen and oxygen atoms in total. The van der Waals surface area contributed by atoms with Crippen LogP contribution in [0, 0.1) is 13.8 Å². The van der Waals surface area contributed by atoms with Crippen molar-refractivity contribution in [1.82, 2.24) is 5.32 Å². The SMILES string of the molecule is Cc1cc(C)cc(Oc2ccc(CNC3CC3)cc2Cl)c1. The average Bonchev–Trinajstić information content (AvgIpc) is 3.22. The monoisotopic (exact) mass is 301 g/mol. The standard InChI is InChI=1S/C18H20ClNO/c1-12-7-13(2)9-16(8-12)21-18-6-3-14(10-17(18)19)11-20-15-4-5-15/h3,6-10,15,20H,4-5,11H2,1-2H3. The fourth-order valence-corrected chi connectivity index (χ4v) is 2.65. The Morgan fingerprint density at radius 1 is 1.10 bits per heavy atom. The predicted octanol–water partition coefficient (Wildman–Crippen LogP) is 5.00. The van der Waals surface area contributed by atoms with Crippen molar-refractivity contribution in [2.24, 2.45) is 0 Å². The Balaban J connectivity index is 1.72. The minimum absolute atomic E-state index is 0.657. The molecule has 2 aromatic rings. The van der Waals surface area contributed by atoms with Gasteiger partial charge < -0.3 is 10.1 Å². The van der Waals surface area contributed by atoms with Crippen LogP contribution in [0.5, 0.6) is 11.5 Å². The maximum absolute atomic E-state index is 6.34. The summed E-state index contributed by atoms with van der Waals surface area (Å²) in [5.41, 5.74) is 3.57. The lowest BCUT2D eigenvalue weighted by Crippen LogP contribution is -2.15. The lowest BCUT2D eigenvalue weighted by molar-refractivity contribution is 0.481. The van der Waals surface area contributed by atoms with Crippen LogP contribution < -0.4 is 10.1 Å². The molecule has 1 fully saturated rings. The van der Waals surface area contributed by atoms with Gasteiger partial charge in [0.1, 0.15) is 11.5 Å². The first-order chi connectivity index (χ1) is 10.1. The minimum atomic E-state index is 0.657. The van der Waals surface area contributed by atoms with Gasteiger partial charge in [-0.15, -0.1) is 0 Å². The quantitative estimate of drug-likeness (QED) is 0.839. The molecule has 2 aromatic carbocycles. The first-order valence-electron chi connectivity index (χ1n) is 7.38. The van der Waals surface area contributed by atoms with Gasteiger partial charge in [-0.05, 0) is 67.6 Å². The molecule has 0 bridgehead atoms. The molecule has 0 unspecified atom stereocenters. The van der Waals surface area contributed by atoms with Crippen LogP contribution in [0.1, 0.15) is 29.5 Å². The molecule has 1 aliphatic carbocycles. The van der Waals surface area contributed by atoms with Crippen LogP contribution in [0.15, 0.2) is 36.4 Å². The van der Waals surface area contributed by atoms with E-state index in [1.807, 2.05) is 24.3 Å². The van der Waals surface area contributed by atoms with Crippen molar-refractivity contribution in [2.75, 3.05) is 0 Å². The summed E-state index contributed by atoms with van der Waals surface area (Å²) in [6, 6.07) is 12.9. The summed E-state index contributed by atoms with van der Waals surface area (Å²) in [5.74, 6) is 1.54. The molecule has 0 radical (unpaired) electrons. The molecule has 110 valence electrons. The van der Waals surface area contributed by atoms with Crippen molar-refractivity contribution in [3.05, 3.63) is 58.1 Å². The third-order valence-corrected chi connectivity index (χ3v) is 3.89. The van der Waals surface area contributed by atoms with Gasteiger partial charge in [0, 0.05) is 12.6 Å². The van der Waals surface area contributed by atoms with Gasteiger partial charge in [0.2, 0.25) is 0 Å². The van der Waals surface area contributed by atoms with Crippen molar-refractivity contribution in [2.45, 2.75) is 39.3 Å². The zero-order chi connectivity index (χ0) is 14.8. The molecule has 1 saturated carbocycles. The van der Waals surface area contributed by atoms with Crippen LogP contribution in [0.25, 0.3) is 0 Å². The normalized spacial score (nSPS) is 14.2. The summed E-state index contributed by atoms with van der Waals surface area (Å²) in [4.78, 5) is 0. The molecule has 3 heteroatoms. The van der Waals surface area contributed by atoms with Gasteiger partial charge >= 0.3 is 0 Å². The summed E-state index contributed by atoms with van der Waals surface area (Å²) >= 11 is 6.34. The predicted molar refractivity (Wildman–Crippen MR) is 87.3 cm³/mol. The number of nitrogens with one attached hydrogen (secondary N) is 1. The van der Waals surface area contributed by atoms with Gasteiger partial charge in [0.15, 0.2) is 0 Å². The van der Waals surface area contributed by atoms with E-state index in [1.165, 1.54) is 29.5 Å². The van der Waals surface area contributed by atoms with Crippen molar-refractivity contribution in [1.29, 1.82) is 0 Å². The third-order valence-electron chi connectivity index (χ3n) is 3.59. The Labute approximate surface area is 131 Å². The van der Waals surface area contributed by atoms with Crippen LogP contribution in [-0.4, -0.2) is 6.04 Å². The van der Waals surface area contributed by atoms with E-state index in [-0.39, 0.29) is 0 Å². The lowest BCUT2D eigenvalue weighted by atomic mass is 10.1. The molecule has 3 rings (SSSR count). The lowest BCUT2D eigenvalue weighted by Gasteiger charge is -2.11. The van der Waals surface area contributed by atoms with Crippen molar-refractivity contribution in [3.63, 3.8) is 0 Å². The number of benzene rings is 2. The summed E-state index contributed by atoms with van der Waals surface area (Å²) in [7, 11) is 0. The van der Waals surface area contributed by atoms with Crippen molar-refractivity contribution < 1.29 is 4.74 Å². The molecule has 0 saturated heterocycles. The second kappa shape index (κ2) is 6.08. The Morgan fingerprint density at radius 3 is 2.43 bits per heavy atom. The average molecular weight is 302 g/mol. The summed E-state index contributed by atoms with van der Waals surface area (Å²) < 4.78 is 5.91. The van der Waals surface area contributed by atoms with Gasteiger partial charge in [0.05, 0.1) is 5.02 Å². The first kappa shape index (κ1) is 14.4. The molecule has 0 atom stereocenters. The molecule has 0 aliphatic heterocycles. The molecule has 0 aromatic heterocycles. The molecule has 0 heterocycles.